The predicted molar refractivity (Wildman–Crippen MR) is 83.4 cm³/mol. The van der Waals surface area contributed by atoms with Crippen LogP contribution in [0, 0.1) is 0 Å². The van der Waals surface area contributed by atoms with E-state index in [1.165, 1.54) is 4.90 Å². The maximum absolute atomic E-state index is 12.1. The zero-order chi connectivity index (χ0) is 16.0. The highest BCUT2D eigenvalue weighted by Gasteiger charge is 2.15. The Labute approximate surface area is 125 Å². The molecule has 0 fully saturated rings. The summed E-state index contributed by atoms with van der Waals surface area (Å²) >= 11 is 0. The summed E-state index contributed by atoms with van der Waals surface area (Å²) in [5, 5.41) is 0. The predicted octanol–water partition coefficient (Wildman–Crippen LogP) is 1.36. The van der Waals surface area contributed by atoms with Crippen molar-refractivity contribution in [3.63, 3.8) is 0 Å². The van der Waals surface area contributed by atoms with Gasteiger partial charge in [0.15, 0.2) is 0 Å². The van der Waals surface area contributed by atoms with Crippen molar-refractivity contribution in [1.82, 2.24) is 4.90 Å². The number of nitrogen functional groups attached to an aromatic ring is 1. The number of amides is 1. The SMILES string of the molecule is CN(C)C(=O)CCCOC(=O)c1cc(N)ccc1N(C)C. The van der Waals surface area contributed by atoms with Crippen LogP contribution >= 0.6 is 0 Å². The third-order valence-electron chi connectivity index (χ3n) is 2.99. The van der Waals surface area contributed by atoms with Crippen LogP contribution < -0.4 is 10.6 Å². The van der Waals surface area contributed by atoms with Crippen molar-refractivity contribution in [2.75, 3.05) is 45.4 Å². The molecule has 0 aliphatic carbocycles. The highest BCUT2D eigenvalue weighted by Crippen LogP contribution is 2.22. The van der Waals surface area contributed by atoms with E-state index in [4.69, 9.17) is 10.5 Å². The molecule has 6 heteroatoms. The van der Waals surface area contributed by atoms with Gasteiger partial charge in [0.25, 0.3) is 0 Å². The molecule has 21 heavy (non-hydrogen) atoms. The summed E-state index contributed by atoms with van der Waals surface area (Å²) < 4.78 is 5.21. The van der Waals surface area contributed by atoms with Gasteiger partial charge in [0.1, 0.15) is 0 Å². The molecule has 1 aromatic carbocycles. The highest BCUT2D eigenvalue weighted by molar-refractivity contribution is 5.96. The maximum Gasteiger partial charge on any atom is 0.340 e. The minimum absolute atomic E-state index is 0.0176. The molecule has 1 amide bonds. The van der Waals surface area contributed by atoms with Crippen molar-refractivity contribution in [3.05, 3.63) is 23.8 Å². The summed E-state index contributed by atoms with van der Waals surface area (Å²) in [6.07, 6.45) is 0.861. The second-order valence-corrected chi connectivity index (χ2v) is 5.20. The number of ether oxygens (including phenoxy) is 1. The fraction of sp³-hybridized carbons (Fsp3) is 0.467. The monoisotopic (exact) mass is 293 g/mol. The zero-order valence-electron chi connectivity index (χ0n) is 13.0. The molecule has 0 aliphatic rings. The molecule has 0 atom stereocenters. The van der Waals surface area contributed by atoms with Crippen LogP contribution in [0.15, 0.2) is 18.2 Å². The molecule has 116 valence electrons. The number of carbonyl (C=O) groups is 2. The number of hydrogen-bond donors (Lipinski definition) is 1. The van der Waals surface area contributed by atoms with Crippen LogP contribution in [0.25, 0.3) is 0 Å². The van der Waals surface area contributed by atoms with Gasteiger partial charge in [0, 0.05) is 40.3 Å². The lowest BCUT2D eigenvalue weighted by atomic mass is 10.1. The van der Waals surface area contributed by atoms with Crippen LogP contribution in [-0.4, -0.2) is 51.6 Å². The summed E-state index contributed by atoms with van der Waals surface area (Å²) in [7, 11) is 7.09. The lowest BCUT2D eigenvalue weighted by molar-refractivity contribution is -0.128. The molecular formula is C15H23N3O3. The smallest absolute Gasteiger partial charge is 0.340 e. The molecule has 0 aliphatic heterocycles. The number of hydrogen-bond acceptors (Lipinski definition) is 5. The van der Waals surface area contributed by atoms with Gasteiger partial charge in [-0.25, -0.2) is 4.79 Å². The van der Waals surface area contributed by atoms with Crippen molar-refractivity contribution in [2.24, 2.45) is 0 Å². The Kier molecular flexibility index (Phi) is 6.02. The molecule has 0 heterocycles. The fourth-order valence-corrected chi connectivity index (χ4v) is 1.80. The molecule has 0 aromatic heterocycles. The molecule has 6 nitrogen and oxygen atoms in total. The molecule has 0 spiro atoms. The Balaban J connectivity index is 2.60. The van der Waals surface area contributed by atoms with E-state index in [-0.39, 0.29) is 12.5 Å². The number of esters is 1. The van der Waals surface area contributed by atoms with Crippen LogP contribution in [0.2, 0.25) is 0 Å². The Bertz CT molecular complexity index is 513. The normalized spacial score (nSPS) is 10.1. The van der Waals surface area contributed by atoms with Gasteiger partial charge in [-0.15, -0.1) is 0 Å². The van der Waals surface area contributed by atoms with Gasteiger partial charge in [-0.2, -0.15) is 0 Å². The Morgan fingerprint density at radius 1 is 1.19 bits per heavy atom. The molecule has 1 aromatic rings. The molecular weight excluding hydrogens is 270 g/mol. The number of rotatable bonds is 6. The number of nitrogens with two attached hydrogens (primary N) is 1. The molecule has 0 unspecified atom stereocenters. The first-order chi connectivity index (χ1) is 9.82. The van der Waals surface area contributed by atoms with Crippen molar-refractivity contribution >= 4 is 23.3 Å². The van der Waals surface area contributed by atoms with E-state index in [9.17, 15) is 9.59 Å². The van der Waals surface area contributed by atoms with Crippen molar-refractivity contribution in [1.29, 1.82) is 0 Å². The molecule has 2 N–H and O–H groups in total. The Hall–Kier alpha value is -2.24. The number of carbonyl (C=O) groups excluding carboxylic acids is 2. The summed E-state index contributed by atoms with van der Waals surface area (Å²) in [4.78, 5) is 26.9. The van der Waals surface area contributed by atoms with E-state index in [2.05, 4.69) is 0 Å². The molecule has 0 radical (unpaired) electrons. The first-order valence-corrected chi connectivity index (χ1v) is 6.77. The van der Waals surface area contributed by atoms with Crippen LogP contribution in [0.3, 0.4) is 0 Å². The van der Waals surface area contributed by atoms with Gasteiger partial charge >= 0.3 is 5.97 Å². The molecule has 0 saturated carbocycles. The van der Waals surface area contributed by atoms with E-state index < -0.39 is 5.97 Å². The topological polar surface area (TPSA) is 75.9 Å². The van der Waals surface area contributed by atoms with E-state index in [0.29, 0.717) is 24.1 Å². The highest BCUT2D eigenvalue weighted by atomic mass is 16.5. The van der Waals surface area contributed by atoms with Gasteiger partial charge in [0.2, 0.25) is 5.91 Å². The van der Waals surface area contributed by atoms with Crippen molar-refractivity contribution < 1.29 is 14.3 Å². The average Bonchev–Trinajstić information content (AvgIpc) is 2.42. The average molecular weight is 293 g/mol. The number of nitrogens with zero attached hydrogens (tertiary/aromatic N) is 2. The lowest BCUT2D eigenvalue weighted by Gasteiger charge is -2.17. The summed E-state index contributed by atoms with van der Waals surface area (Å²) in [6, 6.07) is 5.12. The molecule has 0 bridgehead atoms. The van der Waals surface area contributed by atoms with E-state index >= 15 is 0 Å². The van der Waals surface area contributed by atoms with Crippen LogP contribution in [0.1, 0.15) is 23.2 Å². The zero-order valence-corrected chi connectivity index (χ0v) is 13.0. The second-order valence-electron chi connectivity index (χ2n) is 5.20. The standard InChI is InChI=1S/C15H23N3O3/c1-17(2)13-8-7-11(16)10-12(13)15(20)21-9-5-6-14(19)18(3)4/h7-8,10H,5-6,9,16H2,1-4H3. The van der Waals surface area contributed by atoms with Gasteiger partial charge in [-0.3, -0.25) is 4.79 Å². The van der Waals surface area contributed by atoms with E-state index in [0.717, 1.165) is 5.69 Å². The first kappa shape index (κ1) is 16.8. The maximum atomic E-state index is 12.1. The lowest BCUT2D eigenvalue weighted by Crippen LogP contribution is -2.22. The number of benzene rings is 1. The second kappa shape index (κ2) is 7.52. The van der Waals surface area contributed by atoms with Crippen LogP contribution in [0.4, 0.5) is 11.4 Å². The summed E-state index contributed by atoms with van der Waals surface area (Å²) in [5.74, 6) is -0.410. The van der Waals surface area contributed by atoms with Crippen molar-refractivity contribution in [3.8, 4) is 0 Å². The van der Waals surface area contributed by atoms with Gasteiger partial charge in [-0.05, 0) is 24.6 Å². The quantitative estimate of drug-likeness (QED) is 0.487. The van der Waals surface area contributed by atoms with Gasteiger partial charge < -0.3 is 20.3 Å². The fourth-order valence-electron chi connectivity index (χ4n) is 1.80. The largest absolute Gasteiger partial charge is 0.462 e. The van der Waals surface area contributed by atoms with Crippen LogP contribution in [-0.2, 0) is 9.53 Å². The van der Waals surface area contributed by atoms with Crippen molar-refractivity contribution in [2.45, 2.75) is 12.8 Å². The third kappa shape index (κ3) is 4.98. The van der Waals surface area contributed by atoms with E-state index in [1.807, 2.05) is 19.0 Å². The molecule has 0 saturated heterocycles. The third-order valence-corrected chi connectivity index (χ3v) is 2.99. The molecule has 1 rings (SSSR count). The minimum Gasteiger partial charge on any atom is -0.462 e. The van der Waals surface area contributed by atoms with Gasteiger partial charge in [-0.1, -0.05) is 0 Å². The minimum atomic E-state index is -0.427. The van der Waals surface area contributed by atoms with Crippen LogP contribution in [0.5, 0.6) is 0 Å². The first-order valence-electron chi connectivity index (χ1n) is 6.77. The number of anilines is 2. The summed E-state index contributed by atoms with van der Waals surface area (Å²) in [6.45, 7) is 0.208. The Morgan fingerprint density at radius 2 is 1.86 bits per heavy atom. The Morgan fingerprint density at radius 3 is 2.43 bits per heavy atom. The summed E-state index contributed by atoms with van der Waals surface area (Å²) in [5.41, 5.74) is 7.40. The van der Waals surface area contributed by atoms with Gasteiger partial charge in [0.05, 0.1) is 17.9 Å². The van der Waals surface area contributed by atoms with E-state index in [1.54, 1.807) is 32.3 Å².